The monoisotopic (exact) mass is 489 g/mol. The zero-order valence-electron chi connectivity index (χ0n) is 21.4. The lowest BCUT2D eigenvalue weighted by atomic mass is 10.0. The van der Waals surface area contributed by atoms with Crippen LogP contribution in [0, 0.1) is 6.92 Å². The van der Waals surface area contributed by atoms with Gasteiger partial charge in [0.1, 0.15) is 0 Å². The van der Waals surface area contributed by atoms with E-state index in [-0.39, 0.29) is 0 Å². The third-order valence-corrected chi connectivity index (χ3v) is 6.91. The highest BCUT2D eigenvalue weighted by molar-refractivity contribution is 5.89. The number of aryl methyl sites for hydroxylation is 1. The van der Waals surface area contributed by atoms with E-state index in [1.807, 2.05) is 43.7 Å². The molecule has 0 aliphatic carbocycles. The topological polar surface area (TPSA) is 82.6 Å². The Morgan fingerprint density at radius 2 is 1.70 bits per heavy atom. The average molecular weight is 490 g/mol. The minimum atomic E-state index is 0.496. The van der Waals surface area contributed by atoms with Crippen molar-refractivity contribution >= 4 is 10.9 Å². The molecule has 5 aromatic rings. The number of rotatable bonds is 5. The van der Waals surface area contributed by atoms with Gasteiger partial charge < -0.3 is 10.3 Å². The average Bonchev–Trinajstić information content (AvgIpc) is 3.38. The fourth-order valence-electron chi connectivity index (χ4n) is 5.39. The Morgan fingerprint density at radius 3 is 2.54 bits per heavy atom. The Kier molecular flexibility index (Phi) is 6.24. The zero-order chi connectivity index (χ0) is 25.4. The van der Waals surface area contributed by atoms with Gasteiger partial charge in [0.15, 0.2) is 0 Å². The van der Waals surface area contributed by atoms with E-state index in [4.69, 9.17) is 4.98 Å². The van der Waals surface area contributed by atoms with Crippen molar-refractivity contribution in [2.45, 2.75) is 39.4 Å². The molecule has 0 spiro atoms. The molecule has 1 aromatic carbocycles. The van der Waals surface area contributed by atoms with Gasteiger partial charge in [-0.3, -0.25) is 19.9 Å². The third-order valence-electron chi connectivity index (χ3n) is 6.91. The third kappa shape index (κ3) is 5.01. The number of nitrogens with zero attached hydrogens (tertiary/aromatic N) is 5. The highest BCUT2D eigenvalue weighted by Gasteiger charge is 2.21. The molecular formula is C30H31N7. The van der Waals surface area contributed by atoms with Crippen LogP contribution in [0.5, 0.6) is 0 Å². The molecule has 186 valence electrons. The number of hydrogen-bond acceptors (Lipinski definition) is 6. The first-order valence-corrected chi connectivity index (χ1v) is 12.8. The van der Waals surface area contributed by atoms with Gasteiger partial charge in [0.2, 0.25) is 0 Å². The Hall–Kier alpha value is -3.94. The molecule has 7 nitrogen and oxygen atoms in total. The molecule has 7 heteroatoms. The molecule has 4 aromatic heterocycles. The second-order valence-corrected chi connectivity index (χ2v) is 10.2. The van der Waals surface area contributed by atoms with E-state index in [9.17, 15) is 0 Å². The van der Waals surface area contributed by atoms with Crippen LogP contribution in [0.25, 0.3) is 44.7 Å². The molecule has 2 N–H and O–H groups in total. The summed E-state index contributed by atoms with van der Waals surface area (Å²) in [7, 11) is 0. The predicted molar refractivity (Wildman–Crippen MR) is 148 cm³/mol. The van der Waals surface area contributed by atoms with E-state index < -0.39 is 0 Å². The van der Waals surface area contributed by atoms with E-state index >= 15 is 0 Å². The van der Waals surface area contributed by atoms with Crippen molar-refractivity contribution in [1.29, 1.82) is 0 Å². The van der Waals surface area contributed by atoms with Gasteiger partial charge in [0, 0.05) is 78.1 Å². The van der Waals surface area contributed by atoms with Crippen molar-refractivity contribution in [2.24, 2.45) is 0 Å². The number of H-pyrrole nitrogens is 1. The lowest BCUT2D eigenvalue weighted by Crippen LogP contribution is -2.53. The number of nitrogens with one attached hydrogen (secondary N) is 2. The van der Waals surface area contributed by atoms with E-state index in [0.29, 0.717) is 12.1 Å². The lowest BCUT2D eigenvalue weighted by Gasteiger charge is -2.36. The molecule has 0 amide bonds. The molecule has 1 saturated heterocycles. The van der Waals surface area contributed by atoms with Crippen LogP contribution >= 0.6 is 0 Å². The standard InChI is InChI=1S/C30H31N7/c1-19-5-4-6-28(36-19)30-29(33-18-34-30)23-7-8-27-24(10-23)11-26(14-32-27)25-9-22(12-31-13-25)17-37-15-20(2)35-21(3)16-37/h4-14,18,20-21,35H,15-17H2,1-3H3,(H,33,34)/t20-,21+. The molecule has 1 fully saturated rings. The van der Waals surface area contributed by atoms with E-state index in [0.717, 1.165) is 70.0 Å². The highest BCUT2D eigenvalue weighted by atomic mass is 15.2. The maximum atomic E-state index is 4.75. The number of benzene rings is 1. The Balaban J connectivity index is 1.31. The number of fused-ring (bicyclic) bond motifs is 1. The zero-order valence-corrected chi connectivity index (χ0v) is 21.4. The summed E-state index contributed by atoms with van der Waals surface area (Å²) in [5, 5.41) is 4.67. The van der Waals surface area contributed by atoms with Gasteiger partial charge in [-0.05, 0) is 62.7 Å². The van der Waals surface area contributed by atoms with Crippen molar-refractivity contribution in [3.05, 3.63) is 84.7 Å². The quantitative estimate of drug-likeness (QED) is 0.351. The van der Waals surface area contributed by atoms with Crippen LogP contribution in [-0.4, -0.2) is 55.0 Å². The molecular weight excluding hydrogens is 458 g/mol. The molecule has 5 heterocycles. The Morgan fingerprint density at radius 1 is 0.892 bits per heavy atom. The maximum Gasteiger partial charge on any atom is 0.0977 e. The number of piperazine rings is 1. The molecule has 0 unspecified atom stereocenters. The lowest BCUT2D eigenvalue weighted by molar-refractivity contribution is 0.166. The molecule has 2 atom stereocenters. The van der Waals surface area contributed by atoms with Gasteiger partial charge >= 0.3 is 0 Å². The van der Waals surface area contributed by atoms with Crippen molar-refractivity contribution in [1.82, 2.24) is 35.1 Å². The predicted octanol–water partition coefficient (Wildman–Crippen LogP) is 5.24. The van der Waals surface area contributed by atoms with Crippen LogP contribution in [0.1, 0.15) is 25.1 Å². The van der Waals surface area contributed by atoms with E-state index in [1.54, 1.807) is 6.33 Å². The normalized spacial score (nSPS) is 18.4. The molecule has 0 bridgehead atoms. The second kappa shape index (κ2) is 9.84. The molecule has 37 heavy (non-hydrogen) atoms. The van der Waals surface area contributed by atoms with E-state index in [1.165, 1.54) is 5.56 Å². The fourth-order valence-corrected chi connectivity index (χ4v) is 5.39. The molecule has 1 aliphatic rings. The fraction of sp³-hybridized carbons (Fsp3) is 0.267. The first kappa shape index (κ1) is 23.5. The smallest absolute Gasteiger partial charge is 0.0977 e. The van der Waals surface area contributed by atoms with Crippen LogP contribution in [0.15, 0.2) is 73.4 Å². The Labute approximate surface area is 217 Å². The summed E-state index contributed by atoms with van der Waals surface area (Å²) in [6.07, 6.45) is 7.57. The summed E-state index contributed by atoms with van der Waals surface area (Å²) < 4.78 is 0. The van der Waals surface area contributed by atoms with Crippen molar-refractivity contribution in [2.75, 3.05) is 13.1 Å². The van der Waals surface area contributed by atoms with Gasteiger partial charge in [-0.2, -0.15) is 0 Å². The van der Waals surface area contributed by atoms with Crippen LogP contribution in [0.2, 0.25) is 0 Å². The first-order valence-electron chi connectivity index (χ1n) is 12.8. The van der Waals surface area contributed by atoms with Gasteiger partial charge in [-0.25, -0.2) is 4.98 Å². The highest BCUT2D eigenvalue weighted by Crippen LogP contribution is 2.31. The molecule has 0 saturated carbocycles. The summed E-state index contributed by atoms with van der Waals surface area (Å²) in [5.41, 5.74) is 9.00. The number of aromatic amines is 1. The number of aromatic nitrogens is 5. The molecule has 6 rings (SSSR count). The molecule has 0 radical (unpaired) electrons. The van der Waals surface area contributed by atoms with Crippen LogP contribution in [0.4, 0.5) is 0 Å². The van der Waals surface area contributed by atoms with Gasteiger partial charge in [-0.1, -0.05) is 12.1 Å². The van der Waals surface area contributed by atoms with Crippen molar-refractivity contribution < 1.29 is 0 Å². The number of imidazole rings is 1. The van der Waals surface area contributed by atoms with E-state index in [2.05, 4.69) is 74.3 Å². The summed E-state index contributed by atoms with van der Waals surface area (Å²) in [5.74, 6) is 0. The number of pyridine rings is 3. The summed E-state index contributed by atoms with van der Waals surface area (Å²) >= 11 is 0. The minimum absolute atomic E-state index is 0.496. The van der Waals surface area contributed by atoms with Gasteiger partial charge in [0.05, 0.1) is 28.9 Å². The largest absolute Gasteiger partial charge is 0.343 e. The summed E-state index contributed by atoms with van der Waals surface area (Å²) in [4.78, 5) is 24.4. The van der Waals surface area contributed by atoms with Gasteiger partial charge in [-0.15, -0.1) is 0 Å². The second-order valence-electron chi connectivity index (χ2n) is 10.2. The van der Waals surface area contributed by atoms with Crippen LogP contribution in [0.3, 0.4) is 0 Å². The number of hydrogen-bond donors (Lipinski definition) is 2. The molecule has 1 aliphatic heterocycles. The SMILES string of the molecule is Cc1cccc(-c2[nH]cnc2-c2ccc3ncc(-c4cncc(CN5C[C@@H](C)N[C@@H](C)C5)c4)cc3c2)n1. The first-order chi connectivity index (χ1) is 18.0. The van der Waals surface area contributed by atoms with Crippen LogP contribution < -0.4 is 5.32 Å². The van der Waals surface area contributed by atoms with Crippen molar-refractivity contribution in [3.63, 3.8) is 0 Å². The van der Waals surface area contributed by atoms with Crippen LogP contribution in [-0.2, 0) is 6.54 Å². The van der Waals surface area contributed by atoms with Crippen molar-refractivity contribution in [3.8, 4) is 33.8 Å². The summed E-state index contributed by atoms with van der Waals surface area (Å²) in [6, 6.07) is 17.7. The minimum Gasteiger partial charge on any atom is -0.343 e. The summed E-state index contributed by atoms with van der Waals surface area (Å²) in [6.45, 7) is 9.48. The maximum absolute atomic E-state index is 4.75. The Bertz CT molecular complexity index is 1550. The van der Waals surface area contributed by atoms with Gasteiger partial charge in [0.25, 0.3) is 0 Å².